The number of aliphatic carboxylic acids is 3. The maximum absolute atomic E-state index is 12.3. The van der Waals surface area contributed by atoms with Crippen molar-refractivity contribution in [2.24, 2.45) is 0 Å². The molecular weight excluding hydrogens is 790 g/mol. The van der Waals surface area contributed by atoms with E-state index in [1.165, 1.54) is 0 Å². The maximum Gasteiger partial charge on any atom is 0.326 e. The van der Waals surface area contributed by atoms with E-state index in [2.05, 4.69) is 26.6 Å². The van der Waals surface area contributed by atoms with Gasteiger partial charge in [-0.25, -0.2) is 9.59 Å². The Kier molecular flexibility index (Phi) is 35.9. The Bertz CT molecular complexity index is 1240. The van der Waals surface area contributed by atoms with Gasteiger partial charge >= 0.3 is 17.9 Å². The number of hydrogen-bond acceptors (Lipinski definition) is 12. The monoisotopic (exact) mass is 861 g/mol. The largest absolute Gasteiger partial charge is 0.481 e. The zero-order valence-corrected chi connectivity index (χ0v) is 35.4. The minimum atomic E-state index is -1.25. The number of ether oxygens (including phenoxy) is 4. The van der Waals surface area contributed by atoms with Gasteiger partial charge in [-0.3, -0.25) is 28.8 Å². The van der Waals surface area contributed by atoms with E-state index in [1.807, 2.05) is 6.92 Å². The molecule has 346 valence electrons. The van der Waals surface area contributed by atoms with Gasteiger partial charge in [0.15, 0.2) is 0 Å². The molecule has 0 rings (SSSR count). The third kappa shape index (κ3) is 36.7. The molecule has 8 N–H and O–H groups in total. The quantitative estimate of drug-likeness (QED) is 0.0405. The van der Waals surface area contributed by atoms with Crippen LogP contribution in [0.25, 0.3) is 0 Å². The second-order valence-electron chi connectivity index (χ2n) is 14.2. The lowest BCUT2D eigenvalue weighted by Gasteiger charge is -2.14. The number of nitrogens with one attached hydrogen (secondary N) is 5. The van der Waals surface area contributed by atoms with Crippen molar-refractivity contribution in [2.45, 2.75) is 135 Å². The third-order valence-corrected chi connectivity index (χ3v) is 8.83. The molecule has 5 amide bonds. The van der Waals surface area contributed by atoms with Crippen LogP contribution in [-0.4, -0.2) is 147 Å². The van der Waals surface area contributed by atoms with Crippen LogP contribution in [0.1, 0.15) is 122 Å². The molecule has 20 heteroatoms. The van der Waals surface area contributed by atoms with Gasteiger partial charge in [-0.1, -0.05) is 64.7 Å². The molecule has 0 saturated heterocycles. The number of unbranched alkanes of at least 4 members (excludes halogenated alkanes) is 10. The van der Waals surface area contributed by atoms with E-state index in [0.29, 0.717) is 13.0 Å². The molecule has 0 bridgehead atoms. The highest BCUT2D eigenvalue weighted by molar-refractivity contribution is 5.85. The van der Waals surface area contributed by atoms with Gasteiger partial charge in [-0.2, -0.15) is 0 Å². The smallest absolute Gasteiger partial charge is 0.326 e. The normalized spacial score (nSPS) is 11.9. The molecule has 0 fully saturated rings. The van der Waals surface area contributed by atoms with Gasteiger partial charge in [0.25, 0.3) is 0 Å². The number of carbonyl (C=O) groups is 8. The molecule has 0 aliphatic heterocycles. The molecule has 0 aliphatic rings. The van der Waals surface area contributed by atoms with E-state index >= 15 is 0 Å². The Morgan fingerprint density at radius 1 is 0.417 bits per heavy atom. The molecule has 60 heavy (non-hydrogen) atoms. The molecule has 20 nitrogen and oxygen atoms in total. The number of amides is 5. The van der Waals surface area contributed by atoms with Gasteiger partial charge in [0.1, 0.15) is 25.3 Å². The highest BCUT2D eigenvalue weighted by atomic mass is 16.5. The highest BCUT2D eigenvalue weighted by Gasteiger charge is 2.22. The molecule has 0 radical (unpaired) electrons. The number of carboxylic acids is 3. The zero-order chi connectivity index (χ0) is 44.6. The summed E-state index contributed by atoms with van der Waals surface area (Å²) < 4.78 is 21.1. The Morgan fingerprint density at radius 3 is 1.28 bits per heavy atom. The summed E-state index contributed by atoms with van der Waals surface area (Å²) in [6.45, 7) is 3.12. The van der Waals surface area contributed by atoms with E-state index in [1.54, 1.807) is 0 Å². The van der Waals surface area contributed by atoms with Crippen molar-refractivity contribution in [1.29, 1.82) is 0 Å². The lowest BCUT2D eigenvalue weighted by atomic mass is 10.0. The SMILES string of the molecule is CCCCNC(=O)CC[C@H](NC(=O)COCCOCCNC(=O)COCCOCCNC(=O)CC[C@H](NC(=O)CCCCCCCCCCCCC(=O)O)C(=O)O)C(=O)O. The second kappa shape index (κ2) is 38.8. The Labute approximate surface area is 353 Å². The van der Waals surface area contributed by atoms with Gasteiger partial charge in [0, 0.05) is 45.3 Å². The standard InChI is InChI=1S/C40H71N5O15/c1-2-3-20-41-33(46)18-17-32(40(55)56)45-37(50)30-60-28-26-58-24-22-43-36(49)29-59-27-25-57-23-21-42-34(47)19-16-31(39(53)54)44-35(48)14-12-10-8-6-4-5-7-9-11-13-15-38(51)52/h31-32H,2-30H2,1H3,(H,41,46)(H,42,47)(H,43,49)(H,44,48)(H,45,50)(H,51,52)(H,53,54)(H,55,56)/t31-,32-/m0/s1. The van der Waals surface area contributed by atoms with Crippen LogP contribution in [0.15, 0.2) is 0 Å². The fourth-order valence-electron chi connectivity index (χ4n) is 5.47. The first-order chi connectivity index (χ1) is 28.8. The summed E-state index contributed by atoms with van der Waals surface area (Å²) in [6.07, 6.45) is 11.5. The van der Waals surface area contributed by atoms with Gasteiger partial charge < -0.3 is 60.9 Å². The number of carboxylic acid groups (broad SMARTS) is 3. The summed E-state index contributed by atoms with van der Waals surface area (Å²) in [5, 5.41) is 40.2. The van der Waals surface area contributed by atoms with Crippen LogP contribution < -0.4 is 26.6 Å². The highest BCUT2D eigenvalue weighted by Crippen LogP contribution is 2.12. The van der Waals surface area contributed by atoms with E-state index in [0.717, 1.165) is 70.6 Å². The van der Waals surface area contributed by atoms with Crippen LogP contribution in [0, 0.1) is 0 Å². The first-order valence-corrected chi connectivity index (χ1v) is 21.2. The summed E-state index contributed by atoms with van der Waals surface area (Å²) >= 11 is 0. The first kappa shape index (κ1) is 55.6. The molecule has 0 aromatic carbocycles. The van der Waals surface area contributed by atoms with E-state index in [4.69, 9.17) is 24.1 Å². The van der Waals surface area contributed by atoms with Crippen LogP contribution in [0.4, 0.5) is 0 Å². The average molecular weight is 862 g/mol. The Hall–Kier alpha value is -4.40. The fourth-order valence-corrected chi connectivity index (χ4v) is 5.47. The predicted octanol–water partition coefficient (Wildman–Crippen LogP) is 1.67. The summed E-state index contributed by atoms with van der Waals surface area (Å²) in [5.74, 6) is -5.24. The third-order valence-electron chi connectivity index (χ3n) is 8.83. The molecule has 0 aromatic rings. The molecular formula is C40H71N5O15. The van der Waals surface area contributed by atoms with Crippen molar-refractivity contribution in [3.63, 3.8) is 0 Å². The summed E-state index contributed by atoms with van der Waals surface area (Å²) in [6, 6.07) is -2.38. The molecule has 0 unspecified atom stereocenters. The average Bonchev–Trinajstić information content (AvgIpc) is 3.20. The molecule has 0 spiro atoms. The molecule has 0 saturated carbocycles. The van der Waals surface area contributed by atoms with E-state index in [9.17, 15) is 48.6 Å². The van der Waals surface area contributed by atoms with Gasteiger partial charge in [0.2, 0.25) is 29.5 Å². The first-order valence-electron chi connectivity index (χ1n) is 21.2. The minimum absolute atomic E-state index is 0.0319. The van der Waals surface area contributed by atoms with Crippen molar-refractivity contribution in [1.82, 2.24) is 26.6 Å². The molecule has 0 aliphatic carbocycles. The molecule has 0 aromatic heterocycles. The van der Waals surface area contributed by atoms with Gasteiger partial charge in [-0.05, 0) is 32.1 Å². The molecule has 0 heterocycles. The van der Waals surface area contributed by atoms with Crippen molar-refractivity contribution in [2.75, 3.05) is 72.5 Å². The van der Waals surface area contributed by atoms with Crippen LogP contribution >= 0.6 is 0 Å². The number of rotatable bonds is 42. The van der Waals surface area contributed by atoms with E-state index in [-0.39, 0.29) is 128 Å². The van der Waals surface area contributed by atoms with Crippen LogP contribution in [-0.2, 0) is 57.3 Å². The second-order valence-corrected chi connectivity index (χ2v) is 14.2. The van der Waals surface area contributed by atoms with Crippen LogP contribution in [0.5, 0.6) is 0 Å². The van der Waals surface area contributed by atoms with Crippen LogP contribution in [0.2, 0.25) is 0 Å². The van der Waals surface area contributed by atoms with Crippen molar-refractivity contribution >= 4 is 47.4 Å². The summed E-state index contributed by atoms with van der Waals surface area (Å²) in [5.41, 5.74) is 0. The van der Waals surface area contributed by atoms with Gasteiger partial charge in [0.05, 0.1) is 39.6 Å². The van der Waals surface area contributed by atoms with Crippen molar-refractivity contribution in [3.8, 4) is 0 Å². The number of hydrogen-bond donors (Lipinski definition) is 8. The van der Waals surface area contributed by atoms with Crippen LogP contribution in [0.3, 0.4) is 0 Å². The Balaban J connectivity index is 3.78. The summed E-state index contributed by atoms with van der Waals surface area (Å²) in [7, 11) is 0. The predicted molar refractivity (Wildman–Crippen MR) is 218 cm³/mol. The maximum atomic E-state index is 12.3. The number of carbonyl (C=O) groups excluding carboxylic acids is 5. The topological polar surface area (TPSA) is 294 Å². The lowest BCUT2D eigenvalue weighted by Crippen LogP contribution is -2.43. The lowest BCUT2D eigenvalue weighted by molar-refractivity contribution is -0.143. The zero-order valence-electron chi connectivity index (χ0n) is 35.4. The van der Waals surface area contributed by atoms with Crippen molar-refractivity contribution < 1.29 is 72.6 Å². The van der Waals surface area contributed by atoms with Crippen molar-refractivity contribution in [3.05, 3.63) is 0 Å². The fraction of sp³-hybridized carbons (Fsp3) is 0.800. The summed E-state index contributed by atoms with van der Waals surface area (Å²) in [4.78, 5) is 93.7. The van der Waals surface area contributed by atoms with E-state index < -0.39 is 35.9 Å². The van der Waals surface area contributed by atoms with Gasteiger partial charge in [-0.15, -0.1) is 0 Å². The Morgan fingerprint density at radius 2 is 0.817 bits per heavy atom. The molecule has 2 atom stereocenters. The minimum Gasteiger partial charge on any atom is -0.481 e.